The number of hydrogen-bond acceptors (Lipinski definition) is 25. The van der Waals surface area contributed by atoms with Gasteiger partial charge in [0.2, 0.25) is 0 Å². The Kier molecular flexibility index (Phi) is 33.6. The maximum Gasteiger partial charge on any atom is 0.405 e. The number of rotatable bonds is 17. The monoisotopic (exact) mass is 2030 g/mol. The molecule has 0 atom stereocenters. The Morgan fingerprint density at radius 3 is 1.04 bits per heavy atom. The fourth-order valence-electron chi connectivity index (χ4n) is 13.7. The van der Waals surface area contributed by atoms with Gasteiger partial charge < -0.3 is 87.7 Å². The van der Waals surface area contributed by atoms with E-state index in [1.165, 1.54) is 100 Å². The van der Waals surface area contributed by atoms with Crippen molar-refractivity contribution in [3.63, 3.8) is 0 Å². The van der Waals surface area contributed by atoms with Gasteiger partial charge in [-0.1, -0.05) is 36.2 Å². The first-order valence-corrected chi connectivity index (χ1v) is 44.7. The number of halogens is 6. The molecule has 0 aliphatic heterocycles. The number of aliphatic imine (C=N–C) groups is 1. The lowest BCUT2D eigenvalue weighted by Gasteiger charge is -2.11. The molecule has 738 valence electrons. The fourth-order valence-corrected chi connectivity index (χ4v) is 14.7. The summed E-state index contributed by atoms with van der Waals surface area (Å²) in [5.74, 6) is 1.07. The second-order valence-corrected chi connectivity index (χ2v) is 34.4. The summed E-state index contributed by atoms with van der Waals surface area (Å²) in [6.45, 7) is 4.33. The Morgan fingerprint density at radius 1 is 0.400 bits per heavy atom. The van der Waals surface area contributed by atoms with E-state index in [1.54, 1.807) is 106 Å². The summed E-state index contributed by atoms with van der Waals surface area (Å²) in [5, 5.41) is 25.6. The Labute approximate surface area is 805 Å². The van der Waals surface area contributed by atoms with Gasteiger partial charge in [-0.3, -0.25) is 79.9 Å². The first-order valence-electron chi connectivity index (χ1n) is 43.2. The smallest absolute Gasteiger partial charge is 0.387 e. The average Bonchev–Trinajstić information content (AvgIpc) is 0.898. The van der Waals surface area contributed by atoms with Gasteiger partial charge in [-0.15, -0.1) is 0 Å². The van der Waals surface area contributed by atoms with E-state index in [0.29, 0.717) is 109 Å². The van der Waals surface area contributed by atoms with Crippen molar-refractivity contribution in [3.8, 4) is 0 Å². The zero-order chi connectivity index (χ0) is 102. The van der Waals surface area contributed by atoms with E-state index in [2.05, 4.69) is 110 Å². The molecule has 0 amide bonds. The summed E-state index contributed by atoms with van der Waals surface area (Å²) in [4.78, 5) is 213. The van der Waals surface area contributed by atoms with Crippen molar-refractivity contribution in [3.05, 3.63) is 314 Å². The van der Waals surface area contributed by atoms with Crippen LogP contribution in [0.5, 0.6) is 0 Å². The molecule has 2 aliphatic carbocycles. The average molecular weight is 2040 g/mol. The van der Waals surface area contributed by atoms with Crippen LogP contribution in [0.2, 0.25) is 10.0 Å². The lowest BCUT2D eigenvalue weighted by Crippen LogP contribution is -2.32. The maximum absolute atomic E-state index is 12.1. The minimum atomic E-state index is -4.34. The van der Waals surface area contributed by atoms with Crippen LogP contribution in [0.3, 0.4) is 0 Å². The molecule has 8 heterocycles. The van der Waals surface area contributed by atoms with E-state index in [1.807, 2.05) is 38.4 Å². The molecule has 17 N–H and O–H groups in total. The van der Waals surface area contributed by atoms with Crippen LogP contribution >= 0.6 is 39.1 Å². The van der Waals surface area contributed by atoms with E-state index in [4.69, 9.17) is 28.9 Å². The molecular formula is C92H102BrCl2F3N26O16. The van der Waals surface area contributed by atoms with Crippen LogP contribution in [0.4, 0.5) is 53.0 Å². The van der Waals surface area contributed by atoms with E-state index in [-0.39, 0.29) is 61.2 Å². The second-order valence-electron chi connectivity index (χ2n) is 32.8. The number of nitrogens with zero attached hydrogens (tertiary/aromatic N) is 10. The summed E-state index contributed by atoms with van der Waals surface area (Å²) in [7, 11) is 20.5. The van der Waals surface area contributed by atoms with Crippen LogP contribution in [0, 0.1) is 5.92 Å². The third-order valence-corrected chi connectivity index (χ3v) is 23.6. The van der Waals surface area contributed by atoms with Crippen molar-refractivity contribution < 1.29 is 13.2 Å². The quantitative estimate of drug-likeness (QED) is 0.0343. The highest BCUT2D eigenvalue weighted by molar-refractivity contribution is 9.10. The van der Waals surface area contributed by atoms with E-state index in [0.717, 1.165) is 108 Å². The van der Waals surface area contributed by atoms with E-state index < -0.39 is 58.1 Å². The molecule has 140 heavy (non-hydrogen) atoms. The van der Waals surface area contributed by atoms with Crippen LogP contribution in [0.25, 0.3) is 87.2 Å². The van der Waals surface area contributed by atoms with Crippen molar-refractivity contribution >= 4 is 172 Å². The largest absolute Gasteiger partial charge is 0.405 e. The van der Waals surface area contributed by atoms with Gasteiger partial charge in [0, 0.05) is 143 Å². The molecule has 2 aliphatic rings. The second kappa shape index (κ2) is 45.0. The number of likely N-dealkylation sites (N-methyl/N-ethyl adjacent to an activating group) is 1. The van der Waals surface area contributed by atoms with Crippen molar-refractivity contribution in [1.29, 1.82) is 0 Å². The van der Waals surface area contributed by atoms with E-state index in [9.17, 15) is 89.9 Å². The summed E-state index contributed by atoms with van der Waals surface area (Å²) in [6.07, 6.45) is 1.54. The van der Waals surface area contributed by atoms with Gasteiger partial charge in [-0.05, 0) is 189 Å². The summed E-state index contributed by atoms with van der Waals surface area (Å²) < 4.78 is 45.2. The molecule has 42 nitrogen and oxygen atoms in total. The first kappa shape index (κ1) is 105. The summed E-state index contributed by atoms with van der Waals surface area (Å²) in [5.41, 5.74) is 9.20. The molecule has 8 aromatic heterocycles. The molecule has 48 heteroatoms. The number of hydrogen-bond donors (Lipinski definition) is 16. The minimum absolute atomic E-state index is 0.175. The number of nitrogens with two attached hydrogens (primary N) is 1. The third kappa shape index (κ3) is 25.3. The highest BCUT2D eigenvalue weighted by Crippen LogP contribution is 2.33. The maximum atomic E-state index is 12.1. The number of alkyl halides is 3. The van der Waals surface area contributed by atoms with Crippen LogP contribution in [-0.4, -0.2) is 167 Å². The van der Waals surface area contributed by atoms with Crippen molar-refractivity contribution in [2.75, 3.05) is 105 Å². The molecule has 0 unspecified atom stereocenters. The number of fused-ring (bicyclic) bond motifs is 8. The molecule has 8 aromatic carbocycles. The molecular weight excluding hydrogens is 1930 g/mol. The van der Waals surface area contributed by atoms with Gasteiger partial charge >= 0.3 is 51.7 Å². The Morgan fingerprint density at radius 2 is 0.700 bits per heavy atom. The third-order valence-electron chi connectivity index (χ3n) is 22.3. The first-order chi connectivity index (χ1) is 66.2. The molecule has 0 bridgehead atoms. The normalized spacial score (nSPS) is 12.2. The van der Waals surface area contributed by atoms with E-state index >= 15 is 0 Å². The number of H-pyrrole nitrogens is 8. The molecule has 2 fully saturated rings. The van der Waals surface area contributed by atoms with Gasteiger partial charge in [0.15, 0.2) is 0 Å². The number of amidine groups is 1. The van der Waals surface area contributed by atoms with Crippen LogP contribution < -0.4 is 133 Å². The van der Waals surface area contributed by atoms with Crippen molar-refractivity contribution in [1.82, 2.24) is 81.3 Å². The van der Waals surface area contributed by atoms with Crippen LogP contribution in [-0.2, 0) is 56.4 Å². The number of nitrogens with one attached hydrogen (secondary N) is 15. The fraction of sp³-hybridized carbons (Fsp3) is 0.293. The highest BCUT2D eigenvalue weighted by Gasteiger charge is 2.27. The predicted octanol–water partition coefficient (Wildman–Crippen LogP) is 6.47. The van der Waals surface area contributed by atoms with Crippen molar-refractivity contribution in [2.24, 2.45) is 73.0 Å². The highest BCUT2D eigenvalue weighted by atomic mass is 79.9. The van der Waals surface area contributed by atoms with Gasteiger partial charge in [-0.2, -0.15) is 13.2 Å². The minimum Gasteiger partial charge on any atom is -0.387 e. The predicted molar refractivity (Wildman–Crippen MR) is 550 cm³/mol. The summed E-state index contributed by atoms with van der Waals surface area (Å²) >= 11 is 15.5. The molecule has 0 spiro atoms. The number of aromatic nitrogens is 16. The lowest BCUT2D eigenvalue weighted by atomic mass is 10.1. The van der Waals surface area contributed by atoms with Crippen LogP contribution in [0.1, 0.15) is 44.6 Å². The number of aromatic amines is 8. The Bertz CT molecular complexity index is 8470. The SMILES string of the molecule is CCCNc1ccc2c(=O)n(C)c(=O)[nH]c2c1.CN(C)CCNc1ccc2c(=O)n(C)c(=O)[nH]c2c1.CN=C(N)c1ccc2c(=O)n(C)c(=O)[nH]c2c1.CNc1cc2[nH]c(=O)n(C)c(=O)c2cc1Br.CNc1cc2[nH]c(=O)n(C)c(=O)c2cc1Cl.Cn1c(=O)[nH]c2cc(NC3CC3)ccc2c1=O.Cn1c(=O)[nH]c2cc(NCC(F)(F)F)ccc2c1=O.Cn1c(=O)[nH]c2cc(NCC3CC3)c(Cl)cc2c1=O. The number of benzene rings is 8. The standard InChI is InChI=1S/C13H14ClN3O2.C13H18N4O2.C12H13N3O2.C12H15N3O2.C11H10F3N3O2.C11H12N4O2.C10H10BrN3O2.C10H10ClN3O2/c1-17-12(18)8-4-9(14)11(15-6-7-2-3-7)5-10(8)16-13(17)19;1-16(2)7-6-14-9-4-5-10-11(8-9)15-13(19)17(3)12(10)18;1-15-11(16)9-5-4-8(13-7-2-3-7)6-10(9)14-12(15)17;1-3-6-13-8-4-5-9-10(7-8)14-12(17)15(2)11(9)16;1-17-9(18)7-3-2-6(15-5-11(12,13)14)4-8(7)16-10(17)19;1-13-9(12)6-3-4-7-8(5-6)14-11(17)15(2)10(7)16;2*1-12-8-4-7-5(3-6(8)11)9(15)14(2)10(16)13-7/h4-5,7,15H,2-3,6H2,1H3,(H,16,19);4-5,8,14H,6-7H2,1-3H3,(H,15,19);4-7,13H,2-3H2,1H3,(H,14,17);4-5,7,13H,3,6H2,1-2H3,(H,14,17);2-4,15H,5H2,1H3,(H,16,19);3-5H,1-2H3,(H2,12,13)(H,14,17);2*3-4,12H,1-2H3,(H,13,16). The summed E-state index contributed by atoms with van der Waals surface area (Å²) in [6, 6.07) is 35.6. The number of anilines is 7. The zero-order valence-electron chi connectivity index (χ0n) is 78.2. The van der Waals surface area contributed by atoms with Crippen LogP contribution in [0.15, 0.2) is 214 Å². The molecule has 0 radical (unpaired) electrons. The Balaban J connectivity index is 0.000000153. The lowest BCUT2D eigenvalue weighted by molar-refractivity contribution is -0.115. The Hall–Kier alpha value is -15.8. The van der Waals surface area contributed by atoms with Gasteiger partial charge in [0.25, 0.3) is 44.5 Å². The topological polar surface area (TPSA) is 565 Å². The zero-order valence-corrected chi connectivity index (χ0v) is 81.3. The van der Waals surface area contributed by atoms with Gasteiger partial charge in [0.05, 0.1) is 114 Å². The molecule has 0 saturated heterocycles. The van der Waals surface area contributed by atoms with Gasteiger partial charge in [-0.25, -0.2) is 38.4 Å². The molecule has 2 saturated carbocycles. The van der Waals surface area contributed by atoms with Crippen molar-refractivity contribution in [2.45, 2.75) is 51.2 Å². The molecule has 16 aromatic rings. The molecule has 18 rings (SSSR count). The van der Waals surface area contributed by atoms with Gasteiger partial charge in [0.1, 0.15) is 12.4 Å².